The molecule has 31 heavy (non-hydrogen) atoms. The first-order chi connectivity index (χ1) is 15.1. The number of ether oxygens (including phenoxy) is 1. The third-order valence-corrected chi connectivity index (χ3v) is 5.31. The summed E-state index contributed by atoms with van der Waals surface area (Å²) in [6, 6.07) is 22.2. The zero-order valence-corrected chi connectivity index (χ0v) is 17.0. The Balaban J connectivity index is 1.73. The van der Waals surface area contributed by atoms with Crippen LogP contribution in [0.15, 0.2) is 96.3 Å². The fourth-order valence-electron chi connectivity index (χ4n) is 3.78. The predicted molar refractivity (Wildman–Crippen MR) is 119 cm³/mol. The van der Waals surface area contributed by atoms with Crippen molar-refractivity contribution in [2.45, 2.75) is 12.5 Å². The van der Waals surface area contributed by atoms with Gasteiger partial charge in [0, 0.05) is 16.8 Å². The van der Waals surface area contributed by atoms with Crippen molar-refractivity contribution in [2.24, 2.45) is 0 Å². The number of hydrogen-bond donors (Lipinski definition) is 1. The van der Waals surface area contributed by atoms with E-state index in [-0.39, 0.29) is 5.76 Å². The molecule has 156 valence electrons. The molecule has 0 aliphatic carbocycles. The minimum absolute atomic E-state index is 0.304. The Morgan fingerprint density at radius 2 is 1.68 bits per heavy atom. The highest BCUT2D eigenvalue weighted by molar-refractivity contribution is 6.08. The van der Waals surface area contributed by atoms with E-state index in [1.54, 1.807) is 49.6 Å². The largest absolute Gasteiger partial charge is 0.503 e. The zero-order valence-electron chi connectivity index (χ0n) is 17.0. The number of amides is 1. The first-order valence-electron chi connectivity index (χ1n) is 9.96. The van der Waals surface area contributed by atoms with E-state index in [0.717, 1.165) is 5.56 Å². The lowest BCUT2D eigenvalue weighted by atomic mass is 9.95. The van der Waals surface area contributed by atoms with Crippen LogP contribution in [0.25, 0.3) is 6.08 Å². The second kappa shape index (κ2) is 8.88. The summed E-state index contributed by atoms with van der Waals surface area (Å²) in [6.45, 7) is 0. The topological polar surface area (TPSA) is 49.8 Å². The number of rotatable bonds is 6. The Morgan fingerprint density at radius 1 is 1.00 bits per heavy atom. The summed E-state index contributed by atoms with van der Waals surface area (Å²) in [4.78, 5) is 14.5. The fourth-order valence-corrected chi connectivity index (χ4v) is 3.78. The molecule has 1 aliphatic heterocycles. The molecule has 3 aromatic carbocycles. The summed E-state index contributed by atoms with van der Waals surface area (Å²) < 4.78 is 20.0. The van der Waals surface area contributed by atoms with Gasteiger partial charge in [0.1, 0.15) is 11.6 Å². The van der Waals surface area contributed by atoms with Gasteiger partial charge in [0.05, 0.1) is 13.2 Å². The summed E-state index contributed by atoms with van der Waals surface area (Å²) in [6.07, 6.45) is 4.09. The monoisotopic (exact) mass is 415 g/mol. The molecule has 4 rings (SSSR count). The summed E-state index contributed by atoms with van der Waals surface area (Å²) in [7, 11) is 1.56. The lowest BCUT2D eigenvalue weighted by Gasteiger charge is -2.27. The van der Waals surface area contributed by atoms with Crippen molar-refractivity contribution in [1.29, 1.82) is 0 Å². The molecule has 1 atom stereocenters. The number of carbonyl (C=O) groups excluding carboxylic acids is 1. The maximum Gasteiger partial charge on any atom is 0.293 e. The molecule has 0 bridgehead atoms. The van der Waals surface area contributed by atoms with Crippen LogP contribution < -0.4 is 9.64 Å². The van der Waals surface area contributed by atoms with Gasteiger partial charge in [0.25, 0.3) is 5.91 Å². The van der Waals surface area contributed by atoms with Crippen LogP contribution in [0, 0.1) is 5.82 Å². The molecule has 1 aliphatic rings. The first-order valence-corrected chi connectivity index (χ1v) is 9.96. The molecule has 0 aromatic heterocycles. The van der Waals surface area contributed by atoms with Crippen molar-refractivity contribution in [3.63, 3.8) is 0 Å². The van der Waals surface area contributed by atoms with E-state index in [1.807, 2.05) is 42.5 Å². The maximum atomic E-state index is 14.8. The van der Waals surface area contributed by atoms with Crippen molar-refractivity contribution in [2.75, 3.05) is 12.0 Å². The molecule has 0 saturated carbocycles. The van der Waals surface area contributed by atoms with Gasteiger partial charge in [-0.3, -0.25) is 9.69 Å². The average molecular weight is 415 g/mol. The third-order valence-electron chi connectivity index (χ3n) is 5.31. The molecule has 4 nitrogen and oxygen atoms in total. The normalized spacial score (nSPS) is 16.4. The Labute approximate surface area is 180 Å². The Morgan fingerprint density at radius 3 is 2.35 bits per heavy atom. The van der Waals surface area contributed by atoms with Crippen LogP contribution in [0.5, 0.6) is 5.75 Å². The standard InChI is InChI=1S/C26H22FNO3/c1-31-20-16-14-19(15-17-20)28-24(21-11-5-6-13-23(21)27)22(25(29)26(28)30)12-7-10-18-8-3-2-4-9-18/h2-11,13-17,24,29H,12H2,1H3. The van der Waals surface area contributed by atoms with E-state index < -0.39 is 17.8 Å². The smallest absolute Gasteiger partial charge is 0.293 e. The van der Waals surface area contributed by atoms with Crippen LogP contribution in [0.4, 0.5) is 10.1 Å². The minimum atomic E-state index is -0.748. The van der Waals surface area contributed by atoms with E-state index in [0.29, 0.717) is 29.0 Å². The number of halogens is 1. The molecule has 5 heteroatoms. The van der Waals surface area contributed by atoms with Crippen molar-refractivity contribution in [3.05, 3.63) is 113 Å². The molecule has 0 spiro atoms. The lowest BCUT2D eigenvalue weighted by Crippen LogP contribution is -2.30. The van der Waals surface area contributed by atoms with Crippen LogP contribution in [-0.2, 0) is 4.79 Å². The van der Waals surface area contributed by atoms with Crippen LogP contribution in [-0.4, -0.2) is 18.1 Å². The van der Waals surface area contributed by atoms with Gasteiger partial charge in [0.2, 0.25) is 0 Å². The lowest BCUT2D eigenvalue weighted by molar-refractivity contribution is -0.117. The van der Waals surface area contributed by atoms with Gasteiger partial charge in [-0.05, 0) is 42.3 Å². The van der Waals surface area contributed by atoms with Gasteiger partial charge in [-0.15, -0.1) is 0 Å². The van der Waals surface area contributed by atoms with Crippen molar-refractivity contribution >= 4 is 17.7 Å². The average Bonchev–Trinajstić information content (AvgIpc) is 3.05. The first kappa shape index (κ1) is 20.4. The molecule has 1 N–H and O–H groups in total. The molecule has 0 radical (unpaired) electrons. The molecule has 1 amide bonds. The summed E-state index contributed by atoms with van der Waals surface area (Å²) in [5, 5.41) is 10.7. The van der Waals surface area contributed by atoms with E-state index in [9.17, 15) is 14.3 Å². The number of methoxy groups -OCH3 is 1. The van der Waals surface area contributed by atoms with Gasteiger partial charge >= 0.3 is 0 Å². The Kier molecular flexibility index (Phi) is 5.85. The Hall–Kier alpha value is -3.86. The molecular weight excluding hydrogens is 393 g/mol. The summed E-state index contributed by atoms with van der Waals surface area (Å²) >= 11 is 0. The van der Waals surface area contributed by atoms with Gasteiger partial charge < -0.3 is 9.84 Å². The van der Waals surface area contributed by atoms with Crippen LogP contribution >= 0.6 is 0 Å². The SMILES string of the molecule is COc1ccc(N2C(=O)C(O)=C(CC=Cc3ccccc3)C2c2ccccc2F)cc1. The minimum Gasteiger partial charge on any atom is -0.503 e. The highest BCUT2D eigenvalue weighted by Gasteiger charge is 2.41. The van der Waals surface area contributed by atoms with Crippen LogP contribution in [0.3, 0.4) is 0 Å². The predicted octanol–water partition coefficient (Wildman–Crippen LogP) is 5.84. The van der Waals surface area contributed by atoms with E-state index in [4.69, 9.17) is 4.74 Å². The maximum absolute atomic E-state index is 14.8. The van der Waals surface area contributed by atoms with Gasteiger partial charge in [-0.1, -0.05) is 60.7 Å². The van der Waals surface area contributed by atoms with E-state index in [2.05, 4.69) is 0 Å². The number of aliphatic hydroxyl groups is 1. The van der Waals surface area contributed by atoms with Gasteiger partial charge in [-0.25, -0.2) is 4.39 Å². The highest BCUT2D eigenvalue weighted by Crippen LogP contribution is 2.43. The Bertz CT molecular complexity index is 1140. The van der Waals surface area contributed by atoms with Crippen molar-refractivity contribution < 1.29 is 19.0 Å². The summed E-state index contributed by atoms with van der Waals surface area (Å²) in [5.41, 5.74) is 2.34. The zero-order chi connectivity index (χ0) is 21.8. The highest BCUT2D eigenvalue weighted by atomic mass is 19.1. The molecular formula is C26H22FNO3. The van der Waals surface area contributed by atoms with Gasteiger partial charge in [0.15, 0.2) is 5.76 Å². The number of allylic oxidation sites excluding steroid dienone is 1. The summed E-state index contributed by atoms with van der Waals surface area (Å²) in [5.74, 6) is -0.692. The molecule has 1 heterocycles. The molecule has 3 aromatic rings. The molecule has 0 fully saturated rings. The number of carbonyl (C=O) groups is 1. The van der Waals surface area contributed by atoms with E-state index >= 15 is 0 Å². The van der Waals surface area contributed by atoms with Gasteiger partial charge in [-0.2, -0.15) is 0 Å². The van der Waals surface area contributed by atoms with E-state index in [1.165, 1.54) is 11.0 Å². The fraction of sp³-hybridized carbons (Fsp3) is 0.115. The second-order valence-corrected chi connectivity index (χ2v) is 7.19. The number of aliphatic hydroxyl groups excluding tert-OH is 1. The van der Waals surface area contributed by atoms with Crippen molar-refractivity contribution in [1.82, 2.24) is 0 Å². The third kappa shape index (κ3) is 4.08. The molecule has 1 unspecified atom stereocenters. The number of anilines is 1. The van der Waals surface area contributed by atoms with Crippen LogP contribution in [0.2, 0.25) is 0 Å². The van der Waals surface area contributed by atoms with Crippen molar-refractivity contribution in [3.8, 4) is 5.75 Å². The number of hydrogen-bond acceptors (Lipinski definition) is 3. The second-order valence-electron chi connectivity index (χ2n) is 7.19. The number of nitrogens with zero attached hydrogens (tertiary/aromatic N) is 1. The quantitative estimate of drug-likeness (QED) is 0.550. The molecule has 0 saturated heterocycles. The van der Waals surface area contributed by atoms with Crippen LogP contribution in [0.1, 0.15) is 23.6 Å². The number of benzene rings is 3.